The van der Waals surface area contributed by atoms with E-state index in [4.69, 9.17) is 10.2 Å². The number of rotatable bonds is 4. The molecule has 0 radical (unpaired) electrons. The Morgan fingerprint density at radius 2 is 2.00 bits per heavy atom. The molecular formula is C20H18N4O. The number of nitrogen functional groups attached to an aromatic ring is 1. The van der Waals surface area contributed by atoms with Crippen LogP contribution in [0.5, 0.6) is 0 Å². The lowest BCUT2D eigenvalue weighted by molar-refractivity contribution is 0.568. The number of anilines is 3. The van der Waals surface area contributed by atoms with Crippen molar-refractivity contribution in [2.24, 2.45) is 0 Å². The smallest absolute Gasteiger partial charge is 0.110 e. The molecule has 0 saturated heterocycles. The number of imidazole rings is 1. The number of benzene rings is 2. The largest absolute Gasteiger partial charge is 0.472 e. The van der Waals surface area contributed by atoms with Crippen molar-refractivity contribution in [1.29, 1.82) is 0 Å². The maximum absolute atomic E-state index is 6.22. The van der Waals surface area contributed by atoms with Gasteiger partial charge >= 0.3 is 0 Å². The Morgan fingerprint density at radius 1 is 1.08 bits per heavy atom. The summed E-state index contributed by atoms with van der Waals surface area (Å²) < 4.78 is 7.17. The molecule has 4 aromatic rings. The minimum atomic E-state index is 0.683. The molecule has 0 fully saturated rings. The monoisotopic (exact) mass is 330 g/mol. The third kappa shape index (κ3) is 2.99. The van der Waals surface area contributed by atoms with Gasteiger partial charge in [-0.1, -0.05) is 12.1 Å². The lowest BCUT2D eigenvalue weighted by Crippen LogP contribution is -1.99. The number of aromatic nitrogens is 2. The Morgan fingerprint density at radius 3 is 2.72 bits per heavy atom. The van der Waals surface area contributed by atoms with E-state index in [0.29, 0.717) is 5.69 Å². The van der Waals surface area contributed by atoms with Crippen LogP contribution in [0.4, 0.5) is 17.1 Å². The first kappa shape index (κ1) is 15.1. The van der Waals surface area contributed by atoms with Crippen LogP contribution >= 0.6 is 0 Å². The number of nitrogens with one attached hydrogen (secondary N) is 1. The molecule has 0 aliphatic heterocycles. The summed E-state index contributed by atoms with van der Waals surface area (Å²) in [7, 11) is 0. The van der Waals surface area contributed by atoms with Gasteiger partial charge in [-0.25, -0.2) is 4.98 Å². The fraction of sp³-hybridized carbons (Fsp3) is 0.0500. The van der Waals surface area contributed by atoms with Crippen molar-refractivity contribution in [2.45, 2.75) is 6.92 Å². The summed E-state index contributed by atoms with van der Waals surface area (Å²) in [4.78, 5) is 4.27. The number of nitrogens with two attached hydrogens (primary N) is 1. The van der Waals surface area contributed by atoms with Crippen molar-refractivity contribution < 1.29 is 4.42 Å². The Kier molecular flexibility index (Phi) is 3.74. The highest BCUT2D eigenvalue weighted by atomic mass is 16.3. The van der Waals surface area contributed by atoms with E-state index in [0.717, 1.165) is 34.0 Å². The number of furan rings is 1. The first-order valence-electron chi connectivity index (χ1n) is 8.00. The van der Waals surface area contributed by atoms with Crippen LogP contribution in [-0.2, 0) is 0 Å². The van der Waals surface area contributed by atoms with Crippen molar-refractivity contribution in [2.75, 3.05) is 11.1 Å². The number of aryl methyl sites for hydroxylation is 1. The van der Waals surface area contributed by atoms with Gasteiger partial charge in [0, 0.05) is 29.3 Å². The summed E-state index contributed by atoms with van der Waals surface area (Å²) in [6.45, 7) is 1.98. The topological polar surface area (TPSA) is 69.0 Å². The third-order valence-electron chi connectivity index (χ3n) is 4.14. The zero-order valence-electron chi connectivity index (χ0n) is 13.8. The molecule has 2 aromatic heterocycles. The Hall–Kier alpha value is -3.47. The molecule has 5 heteroatoms. The van der Waals surface area contributed by atoms with Crippen molar-refractivity contribution in [1.82, 2.24) is 9.55 Å². The van der Waals surface area contributed by atoms with Gasteiger partial charge in [-0.15, -0.1) is 0 Å². The second-order valence-electron chi connectivity index (χ2n) is 5.83. The van der Waals surface area contributed by atoms with Crippen LogP contribution in [0.2, 0.25) is 0 Å². The fourth-order valence-corrected chi connectivity index (χ4v) is 2.82. The second kappa shape index (κ2) is 6.20. The van der Waals surface area contributed by atoms with E-state index in [-0.39, 0.29) is 0 Å². The Balaban J connectivity index is 1.61. The van der Waals surface area contributed by atoms with Gasteiger partial charge in [0.25, 0.3) is 0 Å². The summed E-state index contributed by atoms with van der Waals surface area (Å²) in [5.41, 5.74) is 11.8. The zero-order chi connectivity index (χ0) is 17.2. The molecule has 0 aliphatic rings. The molecule has 0 atom stereocenters. The van der Waals surface area contributed by atoms with E-state index < -0.39 is 0 Å². The summed E-state index contributed by atoms with van der Waals surface area (Å²) in [6, 6.07) is 16.0. The minimum Gasteiger partial charge on any atom is -0.472 e. The molecule has 5 nitrogen and oxygen atoms in total. The van der Waals surface area contributed by atoms with Gasteiger partial charge in [-0.05, 0) is 48.9 Å². The van der Waals surface area contributed by atoms with Gasteiger partial charge in [0.2, 0.25) is 0 Å². The minimum absolute atomic E-state index is 0.683. The van der Waals surface area contributed by atoms with Crippen LogP contribution in [0.15, 0.2) is 77.9 Å². The van der Waals surface area contributed by atoms with Gasteiger partial charge in [0.15, 0.2) is 0 Å². The summed E-state index contributed by atoms with van der Waals surface area (Å²) >= 11 is 0. The number of hydrogen-bond acceptors (Lipinski definition) is 4. The second-order valence-corrected chi connectivity index (χ2v) is 5.83. The quantitative estimate of drug-likeness (QED) is 0.529. The van der Waals surface area contributed by atoms with Crippen LogP contribution in [0.3, 0.4) is 0 Å². The Labute approximate surface area is 145 Å². The summed E-state index contributed by atoms with van der Waals surface area (Å²) in [6.07, 6.45) is 7.10. The molecule has 2 heterocycles. The predicted molar refractivity (Wildman–Crippen MR) is 100 cm³/mol. The fourth-order valence-electron chi connectivity index (χ4n) is 2.82. The van der Waals surface area contributed by atoms with Gasteiger partial charge in [0.1, 0.15) is 5.82 Å². The van der Waals surface area contributed by atoms with Crippen molar-refractivity contribution in [3.8, 4) is 16.8 Å². The third-order valence-corrected chi connectivity index (χ3v) is 4.14. The lowest BCUT2D eigenvalue weighted by Gasteiger charge is -2.12. The first-order chi connectivity index (χ1) is 12.2. The van der Waals surface area contributed by atoms with Crippen LogP contribution in [0.25, 0.3) is 16.8 Å². The molecule has 0 amide bonds. The molecule has 0 spiro atoms. The number of hydrogen-bond donors (Lipinski definition) is 2. The van der Waals surface area contributed by atoms with E-state index in [1.165, 1.54) is 0 Å². The normalized spacial score (nSPS) is 10.8. The van der Waals surface area contributed by atoms with E-state index in [1.807, 2.05) is 60.2 Å². The van der Waals surface area contributed by atoms with Gasteiger partial charge < -0.3 is 20.0 Å². The molecule has 0 unspecified atom stereocenters. The molecule has 0 bridgehead atoms. The molecule has 4 rings (SSSR count). The van der Waals surface area contributed by atoms with Gasteiger partial charge in [-0.3, -0.25) is 0 Å². The molecule has 3 N–H and O–H groups in total. The van der Waals surface area contributed by atoms with E-state index in [1.54, 1.807) is 18.7 Å². The molecule has 0 aliphatic carbocycles. The maximum atomic E-state index is 6.22. The highest BCUT2D eigenvalue weighted by Crippen LogP contribution is 2.30. The van der Waals surface area contributed by atoms with Crippen LogP contribution in [0, 0.1) is 6.92 Å². The van der Waals surface area contributed by atoms with Crippen LogP contribution in [-0.4, -0.2) is 9.55 Å². The van der Waals surface area contributed by atoms with Gasteiger partial charge in [0.05, 0.1) is 23.9 Å². The Bertz CT molecular complexity index is 1000. The van der Waals surface area contributed by atoms with Gasteiger partial charge in [-0.2, -0.15) is 0 Å². The molecule has 124 valence electrons. The van der Waals surface area contributed by atoms with E-state index >= 15 is 0 Å². The number of nitrogens with zero attached hydrogens (tertiary/aromatic N) is 2. The SMILES string of the molecule is Cc1nccn1-c1cccc(Nc2ccc(-c3ccoc3)cc2N)c1. The molecular weight excluding hydrogens is 312 g/mol. The lowest BCUT2D eigenvalue weighted by atomic mass is 10.1. The highest BCUT2D eigenvalue weighted by Gasteiger charge is 2.06. The highest BCUT2D eigenvalue weighted by molar-refractivity contribution is 5.79. The van der Waals surface area contributed by atoms with Crippen LogP contribution < -0.4 is 11.1 Å². The van der Waals surface area contributed by atoms with E-state index in [9.17, 15) is 0 Å². The zero-order valence-corrected chi connectivity index (χ0v) is 13.8. The molecule has 0 saturated carbocycles. The standard InChI is InChI=1S/C20H18N4O/c1-14-22-8-9-24(14)18-4-2-3-17(12-18)23-20-6-5-15(11-19(20)21)16-7-10-25-13-16/h2-13,23H,21H2,1H3. The van der Waals surface area contributed by atoms with Crippen molar-refractivity contribution >= 4 is 17.1 Å². The average Bonchev–Trinajstić information content (AvgIpc) is 3.28. The first-order valence-corrected chi connectivity index (χ1v) is 8.00. The van der Waals surface area contributed by atoms with Crippen molar-refractivity contribution in [3.05, 3.63) is 79.3 Å². The predicted octanol–water partition coefficient (Wildman–Crippen LogP) is 4.77. The molecule has 2 aromatic carbocycles. The van der Waals surface area contributed by atoms with E-state index in [2.05, 4.69) is 16.4 Å². The summed E-state index contributed by atoms with van der Waals surface area (Å²) in [5, 5.41) is 3.38. The summed E-state index contributed by atoms with van der Waals surface area (Å²) in [5.74, 6) is 0.945. The maximum Gasteiger partial charge on any atom is 0.110 e. The average molecular weight is 330 g/mol. The van der Waals surface area contributed by atoms with Crippen molar-refractivity contribution in [3.63, 3.8) is 0 Å². The molecule has 25 heavy (non-hydrogen) atoms. The van der Waals surface area contributed by atoms with Crippen LogP contribution in [0.1, 0.15) is 5.82 Å².